The maximum absolute atomic E-state index is 13.2. The zero-order valence-electron chi connectivity index (χ0n) is 19.2. The maximum Gasteiger partial charge on any atom is 0.244 e. The van der Waals surface area contributed by atoms with E-state index in [9.17, 15) is 16.8 Å². The summed E-state index contributed by atoms with van der Waals surface area (Å²) in [5, 5.41) is 0.197. The topological polar surface area (TPSA) is 96.9 Å². The van der Waals surface area contributed by atoms with Gasteiger partial charge in [-0.2, -0.15) is 4.31 Å². The normalized spacial score (nSPS) is 20.8. The summed E-state index contributed by atoms with van der Waals surface area (Å²) in [7, 11) is -7.25. The Morgan fingerprint density at radius 3 is 2.40 bits per heavy atom. The molecular formula is C23H29Cl2N3O5S2. The smallest absolute Gasteiger partial charge is 0.244 e. The van der Waals surface area contributed by atoms with E-state index in [1.54, 1.807) is 36.7 Å². The van der Waals surface area contributed by atoms with Crippen molar-refractivity contribution in [2.75, 3.05) is 25.4 Å². The molecule has 0 spiro atoms. The molecule has 2 fully saturated rings. The van der Waals surface area contributed by atoms with Crippen molar-refractivity contribution in [2.24, 2.45) is 0 Å². The molecule has 0 aliphatic carbocycles. The third-order valence-corrected chi connectivity index (χ3v) is 11.4. The van der Waals surface area contributed by atoms with E-state index < -0.39 is 20.0 Å². The lowest BCUT2D eigenvalue weighted by molar-refractivity contribution is 0.135. The first-order valence-corrected chi connectivity index (χ1v) is 15.5. The molecule has 0 saturated carbocycles. The van der Waals surface area contributed by atoms with Crippen molar-refractivity contribution in [3.05, 3.63) is 52.8 Å². The molecule has 0 bridgehead atoms. The number of hydrogen-bond acceptors (Lipinski definition) is 6. The lowest BCUT2D eigenvalue weighted by atomic mass is 10.1. The number of benzene rings is 1. The van der Waals surface area contributed by atoms with E-state index in [1.165, 1.54) is 14.7 Å². The highest BCUT2D eigenvalue weighted by Crippen LogP contribution is 2.35. The lowest BCUT2D eigenvalue weighted by Gasteiger charge is -2.31. The molecule has 2 aliphatic heterocycles. The predicted octanol–water partition coefficient (Wildman–Crippen LogP) is 4.19. The zero-order chi connectivity index (χ0) is 25.1. The average molecular weight is 563 g/mol. The largest absolute Gasteiger partial charge is 0.490 e. The molecule has 0 radical (unpaired) electrons. The Labute approximate surface area is 217 Å². The van der Waals surface area contributed by atoms with Crippen LogP contribution in [0.25, 0.3) is 0 Å². The van der Waals surface area contributed by atoms with Gasteiger partial charge in [0.15, 0.2) is 0 Å². The van der Waals surface area contributed by atoms with Gasteiger partial charge in [-0.05, 0) is 62.8 Å². The molecule has 1 unspecified atom stereocenters. The molecule has 0 N–H and O–H groups in total. The molecule has 1 atom stereocenters. The number of ether oxygens (including phenoxy) is 1. The minimum absolute atomic E-state index is 0.00874. The number of hydrogen-bond donors (Lipinski definition) is 0. The van der Waals surface area contributed by atoms with Crippen LogP contribution in [-0.4, -0.2) is 68.0 Å². The van der Waals surface area contributed by atoms with Crippen molar-refractivity contribution >= 4 is 43.2 Å². The second kappa shape index (κ2) is 11.3. The highest BCUT2D eigenvalue weighted by Gasteiger charge is 2.37. The standard InChI is InChI=1S/C23H29Cl2N3O5S2/c24-21-6-1-7-22(23(21)25)35(31,32)28-14-2-4-18(28)5-3-17-34(29,30)27-15-10-20(11-16-27)33-19-8-12-26-13-9-19/h1,6-9,12-13,18,20H,2-5,10-11,14-17H2. The average Bonchev–Trinajstić information content (AvgIpc) is 3.31. The van der Waals surface area contributed by atoms with Crippen LogP contribution in [-0.2, 0) is 20.0 Å². The van der Waals surface area contributed by atoms with E-state index in [-0.39, 0.29) is 32.8 Å². The molecule has 8 nitrogen and oxygen atoms in total. The summed E-state index contributed by atoms with van der Waals surface area (Å²) in [6.45, 7) is 1.21. The Bertz CT molecular complexity index is 1220. The molecule has 0 amide bonds. The Balaban J connectivity index is 1.30. The van der Waals surface area contributed by atoms with Crippen LogP contribution in [0.15, 0.2) is 47.6 Å². The third-order valence-electron chi connectivity index (χ3n) is 6.51. The number of aromatic nitrogens is 1. The van der Waals surface area contributed by atoms with Crippen LogP contribution in [0.4, 0.5) is 0 Å². The van der Waals surface area contributed by atoms with Crippen LogP contribution in [0.5, 0.6) is 5.75 Å². The summed E-state index contributed by atoms with van der Waals surface area (Å²) in [5.74, 6) is 0.724. The van der Waals surface area contributed by atoms with Crippen molar-refractivity contribution in [2.45, 2.75) is 55.6 Å². The number of sulfonamides is 2. The maximum atomic E-state index is 13.2. The van der Waals surface area contributed by atoms with Crippen LogP contribution in [0.3, 0.4) is 0 Å². The summed E-state index contributed by atoms with van der Waals surface area (Å²) >= 11 is 12.2. The zero-order valence-corrected chi connectivity index (χ0v) is 22.4. The molecule has 1 aromatic carbocycles. The molecule has 12 heteroatoms. The molecule has 35 heavy (non-hydrogen) atoms. The molecule has 192 valence electrons. The van der Waals surface area contributed by atoms with Crippen molar-refractivity contribution in [1.29, 1.82) is 0 Å². The van der Waals surface area contributed by atoms with E-state index in [2.05, 4.69) is 4.98 Å². The highest BCUT2D eigenvalue weighted by atomic mass is 35.5. The first kappa shape index (κ1) is 26.6. The number of halogens is 2. The minimum Gasteiger partial charge on any atom is -0.490 e. The van der Waals surface area contributed by atoms with Gasteiger partial charge < -0.3 is 4.74 Å². The Morgan fingerprint density at radius 1 is 0.971 bits per heavy atom. The fourth-order valence-corrected chi connectivity index (χ4v) is 8.71. The first-order chi connectivity index (χ1) is 16.7. The lowest BCUT2D eigenvalue weighted by Crippen LogP contribution is -2.43. The van der Waals surface area contributed by atoms with Crippen molar-refractivity contribution in [3.63, 3.8) is 0 Å². The summed E-state index contributed by atoms with van der Waals surface area (Å²) in [5.41, 5.74) is 0. The summed E-state index contributed by atoms with van der Waals surface area (Å²) in [6.07, 6.45) is 6.81. The predicted molar refractivity (Wildman–Crippen MR) is 136 cm³/mol. The second-order valence-corrected chi connectivity index (χ2v) is 13.6. The van der Waals surface area contributed by atoms with E-state index in [0.29, 0.717) is 51.7 Å². The van der Waals surface area contributed by atoms with Gasteiger partial charge in [0.2, 0.25) is 20.0 Å². The van der Waals surface area contributed by atoms with E-state index in [4.69, 9.17) is 27.9 Å². The van der Waals surface area contributed by atoms with Crippen LogP contribution >= 0.6 is 23.2 Å². The van der Waals surface area contributed by atoms with Crippen molar-refractivity contribution in [3.8, 4) is 5.75 Å². The highest BCUT2D eigenvalue weighted by molar-refractivity contribution is 7.89. The molecule has 2 aliphatic rings. The van der Waals surface area contributed by atoms with Crippen molar-refractivity contribution < 1.29 is 21.6 Å². The van der Waals surface area contributed by atoms with Crippen LogP contribution in [0, 0.1) is 0 Å². The Morgan fingerprint density at radius 2 is 1.69 bits per heavy atom. The fraction of sp³-hybridized carbons (Fsp3) is 0.522. The van der Waals surface area contributed by atoms with Gasteiger partial charge in [0.1, 0.15) is 16.7 Å². The number of pyridine rings is 1. The van der Waals surface area contributed by atoms with Gasteiger partial charge in [-0.25, -0.2) is 21.1 Å². The van der Waals surface area contributed by atoms with Gasteiger partial charge in [-0.3, -0.25) is 4.98 Å². The van der Waals surface area contributed by atoms with Crippen LogP contribution in [0.2, 0.25) is 10.0 Å². The monoisotopic (exact) mass is 561 g/mol. The molecule has 3 heterocycles. The van der Waals surface area contributed by atoms with Gasteiger partial charge in [0.05, 0.1) is 15.8 Å². The Hall–Kier alpha value is -1.43. The number of nitrogens with zero attached hydrogens (tertiary/aromatic N) is 3. The van der Waals surface area contributed by atoms with Gasteiger partial charge >= 0.3 is 0 Å². The summed E-state index contributed by atoms with van der Waals surface area (Å²) in [6, 6.07) is 7.87. The second-order valence-electron chi connectivity index (χ2n) is 8.82. The fourth-order valence-electron chi connectivity index (χ4n) is 4.69. The third kappa shape index (κ3) is 6.29. The quantitative estimate of drug-likeness (QED) is 0.455. The molecule has 1 aromatic heterocycles. The molecule has 2 aromatic rings. The Kier molecular flexibility index (Phi) is 8.61. The summed E-state index contributed by atoms with van der Waals surface area (Å²) in [4.78, 5) is 3.95. The molecular weight excluding hydrogens is 533 g/mol. The van der Waals surface area contributed by atoms with Crippen molar-refractivity contribution in [1.82, 2.24) is 13.6 Å². The van der Waals surface area contributed by atoms with Crippen LogP contribution in [0.1, 0.15) is 38.5 Å². The molecule has 2 saturated heterocycles. The number of rotatable bonds is 9. The van der Waals surface area contributed by atoms with E-state index in [1.807, 2.05) is 0 Å². The van der Waals surface area contributed by atoms with E-state index in [0.717, 1.165) is 12.2 Å². The van der Waals surface area contributed by atoms with Crippen LogP contribution < -0.4 is 4.74 Å². The number of piperidine rings is 1. The SMILES string of the molecule is O=S(=O)(CCCC1CCCN1S(=O)(=O)c1cccc(Cl)c1Cl)N1CCC(Oc2ccncc2)CC1. The van der Waals surface area contributed by atoms with Gasteiger partial charge in [0, 0.05) is 38.1 Å². The first-order valence-electron chi connectivity index (χ1n) is 11.7. The summed E-state index contributed by atoms with van der Waals surface area (Å²) < 4.78 is 61.2. The minimum atomic E-state index is -3.82. The molecule has 4 rings (SSSR count). The van der Waals surface area contributed by atoms with Gasteiger partial charge in [0.25, 0.3) is 0 Å². The van der Waals surface area contributed by atoms with Gasteiger partial charge in [-0.1, -0.05) is 29.3 Å². The van der Waals surface area contributed by atoms with E-state index >= 15 is 0 Å². The van der Waals surface area contributed by atoms with Gasteiger partial charge in [-0.15, -0.1) is 0 Å².